The van der Waals surface area contributed by atoms with Crippen LogP contribution in [-0.4, -0.2) is 13.3 Å². The van der Waals surface area contributed by atoms with Crippen molar-refractivity contribution in [2.24, 2.45) is 5.73 Å². The number of benzene rings is 1. The van der Waals surface area contributed by atoms with Gasteiger partial charge >= 0.3 is 6.18 Å². The average molecular weight is 321 g/mol. The van der Waals surface area contributed by atoms with Crippen molar-refractivity contribution in [1.29, 1.82) is 0 Å². The Morgan fingerprint density at radius 3 is 2.38 bits per heavy atom. The van der Waals surface area contributed by atoms with E-state index in [1.54, 1.807) is 6.07 Å². The molecule has 1 rings (SSSR count). The molecule has 0 heterocycles. The smallest absolute Gasteiger partial charge is 0.407 e. The quantitative estimate of drug-likeness (QED) is 0.906. The lowest BCUT2D eigenvalue weighted by Crippen LogP contribution is -2.28. The number of ether oxygens (including phenoxy) is 1. The molecule has 16 heavy (non-hydrogen) atoms. The summed E-state index contributed by atoms with van der Waals surface area (Å²) in [4.78, 5) is 0. The van der Waals surface area contributed by atoms with Gasteiger partial charge in [0.15, 0.2) is 0 Å². The Bertz CT molecular complexity index is 359. The molecule has 0 aliphatic carbocycles. The van der Waals surface area contributed by atoms with Crippen LogP contribution in [-0.2, 0) is 0 Å². The number of hydrogen-bond acceptors (Lipinski definition) is 2. The van der Waals surface area contributed by atoms with Gasteiger partial charge in [-0.15, -0.1) is 12.4 Å². The highest BCUT2D eigenvalue weighted by Crippen LogP contribution is 2.36. The summed E-state index contributed by atoms with van der Waals surface area (Å²) in [7, 11) is 1.30. The maximum atomic E-state index is 12.4. The highest BCUT2D eigenvalue weighted by atomic mass is 79.9. The molecule has 92 valence electrons. The standard InChI is InChI=1S/C9H9BrF3NO.ClH/c1-15-7-3-2-5(10)4-6(7)8(14)9(11,12)13;/h2-4,8H,14H2,1H3;1H/t8-;/m0./s1. The molecule has 7 heteroatoms. The van der Waals surface area contributed by atoms with E-state index in [0.717, 1.165) is 0 Å². The molecule has 2 nitrogen and oxygen atoms in total. The minimum Gasteiger partial charge on any atom is -0.496 e. The first-order valence-corrected chi connectivity index (χ1v) is 4.81. The molecule has 0 unspecified atom stereocenters. The molecule has 0 aromatic heterocycles. The molecule has 0 saturated carbocycles. The average Bonchev–Trinajstić information content (AvgIpc) is 2.15. The van der Waals surface area contributed by atoms with E-state index in [1.165, 1.54) is 19.2 Å². The van der Waals surface area contributed by atoms with Gasteiger partial charge in [-0.05, 0) is 18.2 Å². The SMILES string of the molecule is COc1ccc(Br)cc1[C@H](N)C(F)(F)F.Cl. The van der Waals surface area contributed by atoms with E-state index in [4.69, 9.17) is 10.5 Å². The summed E-state index contributed by atoms with van der Waals surface area (Å²) in [6, 6.07) is 2.29. The van der Waals surface area contributed by atoms with Gasteiger partial charge in [0.2, 0.25) is 0 Å². The number of rotatable bonds is 2. The lowest BCUT2D eigenvalue weighted by Gasteiger charge is -2.18. The van der Waals surface area contributed by atoms with Gasteiger partial charge in [0, 0.05) is 10.0 Å². The van der Waals surface area contributed by atoms with Crippen LogP contribution in [0.4, 0.5) is 13.2 Å². The first kappa shape index (κ1) is 15.5. The summed E-state index contributed by atoms with van der Waals surface area (Å²) < 4.78 is 42.5. The fraction of sp³-hybridized carbons (Fsp3) is 0.333. The number of halogens is 5. The Hall–Kier alpha value is -0.460. The minimum atomic E-state index is -4.48. The monoisotopic (exact) mass is 319 g/mol. The molecule has 2 N–H and O–H groups in total. The largest absolute Gasteiger partial charge is 0.496 e. The lowest BCUT2D eigenvalue weighted by atomic mass is 10.1. The van der Waals surface area contributed by atoms with Crippen molar-refractivity contribution < 1.29 is 17.9 Å². The third-order valence-electron chi connectivity index (χ3n) is 1.88. The summed E-state index contributed by atoms with van der Waals surface area (Å²) in [5, 5.41) is 0. The highest BCUT2D eigenvalue weighted by Gasteiger charge is 2.39. The molecule has 0 fully saturated rings. The summed E-state index contributed by atoms with van der Waals surface area (Å²) >= 11 is 3.08. The Labute approximate surface area is 105 Å². The maximum Gasteiger partial charge on any atom is 0.407 e. The second kappa shape index (κ2) is 5.75. The summed E-state index contributed by atoms with van der Waals surface area (Å²) in [5.74, 6) is 0.128. The van der Waals surface area contributed by atoms with Gasteiger partial charge in [0.1, 0.15) is 11.8 Å². The predicted octanol–water partition coefficient (Wildman–Crippen LogP) is 3.44. The Balaban J connectivity index is 0.00000225. The van der Waals surface area contributed by atoms with Gasteiger partial charge in [0.25, 0.3) is 0 Å². The highest BCUT2D eigenvalue weighted by molar-refractivity contribution is 9.10. The van der Waals surface area contributed by atoms with Crippen LogP contribution in [0.1, 0.15) is 11.6 Å². The molecule has 0 amide bonds. The molecule has 1 aromatic carbocycles. The van der Waals surface area contributed by atoms with E-state index < -0.39 is 12.2 Å². The first-order valence-electron chi connectivity index (χ1n) is 4.02. The fourth-order valence-corrected chi connectivity index (χ4v) is 1.50. The summed E-state index contributed by atoms with van der Waals surface area (Å²) in [6.45, 7) is 0. The zero-order valence-electron chi connectivity index (χ0n) is 8.22. The molecule has 0 radical (unpaired) electrons. The molecule has 0 aliphatic heterocycles. The van der Waals surface area contributed by atoms with Gasteiger partial charge in [-0.1, -0.05) is 15.9 Å². The van der Waals surface area contributed by atoms with Crippen LogP contribution in [0.25, 0.3) is 0 Å². The van der Waals surface area contributed by atoms with Crippen LogP contribution in [0.2, 0.25) is 0 Å². The second-order valence-electron chi connectivity index (χ2n) is 2.91. The van der Waals surface area contributed by atoms with Crippen LogP contribution in [0, 0.1) is 0 Å². The van der Waals surface area contributed by atoms with Crippen molar-refractivity contribution in [2.75, 3.05) is 7.11 Å². The van der Waals surface area contributed by atoms with Crippen LogP contribution in [0.15, 0.2) is 22.7 Å². The summed E-state index contributed by atoms with van der Waals surface area (Å²) in [6.07, 6.45) is -4.48. The van der Waals surface area contributed by atoms with E-state index >= 15 is 0 Å². The van der Waals surface area contributed by atoms with Crippen molar-refractivity contribution in [3.63, 3.8) is 0 Å². The third-order valence-corrected chi connectivity index (χ3v) is 2.37. The van der Waals surface area contributed by atoms with E-state index in [0.29, 0.717) is 4.47 Å². The number of nitrogens with two attached hydrogens (primary N) is 1. The maximum absolute atomic E-state index is 12.4. The van der Waals surface area contributed by atoms with Gasteiger partial charge < -0.3 is 10.5 Å². The van der Waals surface area contributed by atoms with Crippen LogP contribution < -0.4 is 10.5 Å². The van der Waals surface area contributed by atoms with Crippen molar-refractivity contribution in [2.45, 2.75) is 12.2 Å². The Morgan fingerprint density at radius 2 is 1.94 bits per heavy atom. The van der Waals surface area contributed by atoms with Crippen molar-refractivity contribution in [3.8, 4) is 5.75 Å². The topological polar surface area (TPSA) is 35.2 Å². The van der Waals surface area contributed by atoms with Crippen molar-refractivity contribution >= 4 is 28.3 Å². The number of methoxy groups -OCH3 is 1. The van der Waals surface area contributed by atoms with Gasteiger partial charge in [0.05, 0.1) is 7.11 Å². The van der Waals surface area contributed by atoms with E-state index in [-0.39, 0.29) is 23.7 Å². The van der Waals surface area contributed by atoms with Crippen LogP contribution in [0.3, 0.4) is 0 Å². The molecule has 0 spiro atoms. The number of hydrogen-bond donors (Lipinski definition) is 1. The Morgan fingerprint density at radius 1 is 1.38 bits per heavy atom. The lowest BCUT2D eigenvalue weighted by molar-refractivity contribution is -0.149. The predicted molar refractivity (Wildman–Crippen MR) is 60.9 cm³/mol. The van der Waals surface area contributed by atoms with Crippen molar-refractivity contribution in [1.82, 2.24) is 0 Å². The normalized spacial score (nSPS) is 12.9. The Kier molecular flexibility index (Phi) is 5.58. The van der Waals surface area contributed by atoms with E-state index in [1.807, 2.05) is 0 Å². The summed E-state index contributed by atoms with van der Waals surface area (Å²) in [5.41, 5.74) is 5.01. The number of alkyl halides is 3. The fourth-order valence-electron chi connectivity index (χ4n) is 1.12. The molecule has 0 aliphatic rings. The first-order chi connectivity index (χ1) is 6.86. The molecular weight excluding hydrogens is 310 g/mol. The van der Waals surface area contributed by atoms with Gasteiger partial charge in [-0.2, -0.15) is 13.2 Å². The third kappa shape index (κ3) is 3.54. The van der Waals surface area contributed by atoms with E-state index in [2.05, 4.69) is 15.9 Å². The van der Waals surface area contributed by atoms with E-state index in [9.17, 15) is 13.2 Å². The van der Waals surface area contributed by atoms with Crippen LogP contribution >= 0.6 is 28.3 Å². The zero-order chi connectivity index (χ0) is 11.6. The van der Waals surface area contributed by atoms with Crippen LogP contribution in [0.5, 0.6) is 5.75 Å². The molecule has 0 bridgehead atoms. The van der Waals surface area contributed by atoms with Crippen molar-refractivity contribution in [3.05, 3.63) is 28.2 Å². The minimum absolute atomic E-state index is 0. The molecule has 0 saturated heterocycles. The molecular formula is C9H10BrClF3NO. The zero-order valence-corrected chi connectivity index (χ0v) is 10.6. The molecule has 1 atom stereocenters. The van der Waals surface area contributed by atoms with Gasteiger partial charge in [-0.3, -0.25) is 0 Å². The second-order valence-corrected chi connectivity index (χ2v) is 3.82. The van der Waals surface area contributed by atoms with Gasteiger partial charge in [-0.25, -0.2) is 0 Å². The molecule has 1 aromatic rings.